The second-order valence-electron chi connectivity index (χ2n) is 10.8. The number of anilines is 1. The molecule has 4 bridgehead atoms. The van der Waals surface area contributed by atoms with Crippen LogP contribution in [0.1, 0.15) is 53.9 Å². The number of aromatic nitrogens is 1. The quantitative estimate of drug-likeness (QED) is 0.206. The largest absolute Gasteiger partial charge is 0.489 e. The number of aromatic amines is 1. The van der Waals surface area contributed by atoms with Gasteiger partial charge in [-0.1, -0.05) is 30.3 Å². The van der Waals surface area contributed by atoms with Crippen LogP contribution in [0, 0.1) is 0 Å². The van der Waals surface area contributed by atoms with Crippen molar-refractivity contribution in [1.82, 2.24) is 14.8 Å². The van der Waals surface area contributed by atoms with Gasteiger partial charge in [-0.3, -0.25) is 9.52 Å². The molecule has 2 heterocycles. The lowest BCUT2D eigenvalue weighted by Crippen LogP contribution is -2.41. The van der Waals surface area contributed by atoms with E-state index in [0.717, 1.165) is 15.8 Å². The predicted molar refractivity (Wildman–Crippen MR) is 166 cm³/mol. The Hall–Kier alpha value is -4.55. The highest BCUT2D eigenvalue weighted by molar-refractivity contribution is 7.92. The number of sulfonamides is 1. The molecule has 2 amide bonds. The number of aliphatic hydroxyl groups is 1. The monoisotopic (exact) mass is 620 g/mol. The lowest BCUT2D eigenvalue weighted by Gasteiger charge is -2.29. The van der Waals surface area contributed by atoms with Crippen LogP contribution in [0.2, 0.25) is 0 Å². The highest BCUT2D eigenvalue weighted by Crippen LogP contribution is 2.33. The van der Waals surface area contributed by atoms with Crippen molar-refractivity contribution in [3.63, 3.8) is 0 Å². The number of nitrogens with zero attached hydrogens (tertiary/aromatic N) is 2. The van der Waals surface area contributed by atoms with Crippen molar-refractivity contribution < 1.29 is 33.0 Å². The van der Waals surface area contributed by atoms with Crippen molar-refractivity contribution in [3.05, 3.63) is 89.1 Å². The smallest absolute Gasteiger partial charge is 0.407 e. The van der Waals surface area contributed by atoms with Gasteiger partial charge in [0.05, 0.1) is 34.3 Å². The van der Waals surface area contributed by atoms with E-state index in [2.05, 4.69) is 9.71 Å². The number of hydrogen-bond acceptors (Lipinski definition) is 6. The molecular weight excluding hydrogens is 584 g/mol. The molecule has 1 aromatic heterocycles. The second kappa shape index (κ2) is 12.6. The molecule has 0 saturated carbocycles. The van der Waals surface area contributed by atoms with Gasteiger partial charge in [-0.25, -0.2) is 13.2 Å². The molecule has 44 heavy (non-hydrogen) atoms. The van der Waals surface area contributed by atoms with Crippen LogP contribution in [0.4, 0.5) is 10.5 Å². The zero-order valence-electron chi connectivity index (χ0n) is 24.8. The highest BCUT2D eigenvalue weighted by atomic mass is 32.2. The Kier molecular flexibility index (Phi) is 8.84. The van der Waals surface area contributed by atoms with Crippen molar-refractivity contribution in [1.29, 1.82) is 0 Å². The molecule has 0 unspecified atom stereocenters. The third kappa shape index (κ3) is 6.22. The van der Waals surface area contributed by atoms with Gasteiger partial charge in [-0.15, -0.1) is 0 Å². The fraction of sp³-hybridized carbons (Fsp3) is 0.312. The van der Waals surface area contributed by atoms with Crippen LogP contribution >= 0.6 is 0 Å². The minimum atomic E-state index is -3.99. The summed E-state index contributed by atoms with van der Waals surface area (Å²) < 4.78 is 34.7. The molecule has 232 valence electrons. The van der Waals surface area contributed by atoms with E-state index in [4.69, 9.17) is 4.74 Å². The normalized spacial score (nSPS) is 15.0. The van der Waals surface area contributed by atoms with Crippen molar-refractivity contribution in [2.24, 2.45) is 0 Å². The summed E-state index contributed by atoms with van der Waals surface area (Å²) in [6, 6.07) is 15.9. The van der Waals surface area contributed by atoms with E-state index in [9.17, 15) is 28.2 Å². The second-order valence-corrected chi connectivity index (χ2v) is 12.5. The number of H-pyrrole nitrogens is 1. The molecule has 0 aliphatic carbocycles. The van der Waals surface area contributed by atoms with Crippen LogP contribution in [-0.2, 0) is 23.1 Å². The summed E-state index contributed by atoms with van der Waals surface area (Å²) in [7, 11) is -3.99. The summed E-state index contributed by atoms with van der Waals surface area (Å²) in [5.74, 6) is 0.312. The first-order chi connectivity index (χ1) is 21.0. The first kappa shape index (κ1) is 30.9. The molecule has 4 aromatic rings. The summed E-state index contributed by atoms with van der Waals surface area (Å²) >= 11 is 0. The van der Waals surface area contributed by atoms with Gasteiger partial charge in [0.2, 0.25) is 0 Å². The Morgan fingerprint density at radius 3 is 2.52 bits per heavy atom. The van der Waals surface area contributed by atoms with Crippen LogP contribution in [0.25, 0.3) is 10.9 Å². The van der Waals surface area contributed by atoms with Gasteiger partial charge in [-0.05, 0) is 62.6 Å². The third-order valence-corrected chi connectivity index (χ3v) is 9.35. The number of carboxylic acid groups (broad SMARTS) is 1. The Bertz CT molecular complexity index is 1800. The molecule has 0 spiro atoms. The van der Waals surface area contributed by atoms with Crippen LogP contribution in [0.5, 0.6) is 5.75 Å². The van der Waals surface area contributed by atoms with E-state index < -0.39 is 28.3 Å². The van der Waals surface area contributed by atoms with Crippen LogP contribution in [0.15, 0.2) is 71.8 Å². The molecule has 3 aromatic carbocycles. The summed E-state index contributed by atoms with van der Waals surface area (Å²) in [6.07, 6.45) is -0.496. The molecule has 5 rings (SSSR count). The molecule has 11 nitrogen and oxygen atoms in total. The number of nitrogens with one attached hydrogen (secondary N) is 2. The van der Waals surface area contributed by atoms with E-state index >= 15 is 0 Å². The Morgan fingerprint density at radius 2 is 1.80 bits per heavy atom. The first-order valence-corrected chi connectivity index (χ1v) is 15.9. The van der Waals surface area contributed by atoms with Gasteiger partial charge < -0.3 is 29.7 Å². The Balaban J connectivity index is 1.38. The van der Waals surface area contributed by atoms with Crippen molar-refractivity contribution in [3.8, 4) is 5.75 Å². The fourth-order valence-electron chi connectivity index (χ4n) is 5.58. The van der Waals surface area contributed by atoms with E-state index in [1.807, 2.05) is 26.0 Å². The third-order valence-electron chi connectivity index (χ3n) is 7.99. The topological polar surface area (TPSA) is 152 Å². The molecule has 1 aliphatic rings. The summed E-state index contributed by atoms with van der Waals surface area (Å²) in [5, 5.41) is 22.2. The Labute approximate surface area is 256 Å². The maximum Gasteiger partial charge on any atom is 0.407 e. The number of rotatable bonds is 9. The average Bonchev–Trinajstić information content (AvgIpc) is 3.41. The minimum Gasteiger partial charge on any atom is -0.489 e. The summed E-state index contributed by atoms with van der Waals surface area (Å²) in [5.41, 5.74) is 3.06. The van der Waals surface area contributed by atoms with Gasteiger partial charge in [-0.2, -0.15) is 0 Å². The van der Waals surface area contributed by atoms with Crippen molar-refractivity contribution in [2.45, 2.75) is 50.8 Å². The SMILES string of the molecule is CCN(CC)C(=O)c1cccc2c(C[C@@H](C)N(C[C@H](O)c3ccc4cc3NS(=O)(=O)c3cccc(c3)CO4)C(=O)O)c[nH]c12. The van der Waals surface area contributed by atoms with E-state index in [-0.39, 0.29) is 35.2 Å². The molecule has 1 aliphatic heterocycles. The van der Waals surface area contributed by atoms with E-state index in [0.29, 0.717) is 41.9 Å². The lowest BCUT2D eigenvalue weighted by molar-refractivity contribution is 0.0774. The maximum atomic E-state index is 13.2. The maximum absolute atomic E-state index is 13.2. The molecule has 0 fully saturated rings. The summed E-state index contributed by atoms with van der Waals surface area (Å²) in [4.78, 5) is 31.6. The number of amides is 2. The van der Waals surface area contributed by atoms with E-state index in [1.165, 1.54) is 24.3 Å². The number of aliphatic hydroxyl groups excluding tert-OH is 1. The zero-order chi connectivity index (χ0) is 31.6. The summed E-state index contributed by atoms with van der Waals surface area (Å²) in [6.45, 7) is 6.60. The van der Waals surface area contributed by atoms with Crippen molar-refractivity contribution in [2.75, 3.05) is 24.4 Å². The van der Waals surface area contributed by atoms with Gasteiger partial charge in [0.25, 0.3) is 15.9 Å². The van der Waals surface area contributed by atoms with Gasteiger partial charge in [0.1, 0.15) is 12.4 Å². The lowest BCUT2D eigenvalue weighted by atomic mass is 10.0. The van der Waals surface area contributed by atoms with Crippen LogP contribution in [0.3, 0.4) is 0 Å². The number of fused-ring (bicyclic) bond motifs is 5. The predicted octanol–water partition coefficient (Wildman–Crippen LogP) is 4.99. The van der Waals surface area contributed by atoms with Gasteiger partial charge in [0, 0.05) is 42.3 Å². The number of ether oxygens (including phenoxy) is 1. The van der Waals surface area contributed by atoms with Crippen molar-refractivity contribution >= 4 is 38.6 Å². The molecule has 12 heteroatoms. The Morgan fingerprint density at radius 1 is 1.05 bits per heavy atom. The minimum absolute atomic E-state index is 0.0489. The highest BCUT2D eigenvalue weighted by Gasteiger charge is 2.28. The average molecular weight is 621 g/mol. The van der Waals surface area contributed by atoms with E-state index in [1.54, 1.807) is 42.3 Å². The number of carbonyl (C=O) groups excluding carboxylic acids is 1. The number of hydrogen-bond donors (Lipinski definition) is 4. The van der Waals surface area contributed by atoms with Crippen LogP contribution < -0.4 is 9.46 Å². The van der Waals surface area contributed by atoms with Gasteiger partial charge >= 0.3 is 6.09 Å². The molecule has 0 radical (unpaired) electrons. The number of carbonyl (C=O) groups is 2. The fourth-order valence-corrected chi connectivity index (χ4v) is 6.73. The zero-order valence-corrected chi connectivity index (χ0v) is 25.6. The molecule has 2 atom stereocenters. The number of benzene rings is 3. The number of para-hydroxylation sites is 1. The van der Waals surface area contributed by atoms with Crippen LogP contribution in [-0.4, -0.2) is 71.1 Å². The molecular formula is C32H36N4O7S. The van der Waals surface area contributed by atoms with Gasteiger partial charge in [0.15, 0.2) is 0 Å². The molecule has 0 saturated heterocycles. The standard InChI is InChI=1S/C32H36N4O7S/c1-4-35(5-2)31(38)27-11-7-10-25-22(17-33-30(25)27)14-20(3)36(32(39)40)18-29(37)26-13-12-23-16-28(26)34-44(41,42)24-9-6-8-21(15-24)19-43-23/h6-13,15-17,20,29,33-34,37H,4-5,14,18-19H2,1-3H3,(H,39,40)/t20-,29+/m1/s1. The molecule has 4 N–H and O–H groups in total. The first-order valence-electron chi connectivity index (χ1n) is 14.5.